The molecular formula is C14H12O3. The van der Waals surface area contributed by atoms with E-state index in [0.29, 0.717) is 23.1 Å². The van der Waals surface area contributed by atoms with Crippen LogP contribution in [0, 0.1) is 0 Å². The van der Waals surface area contributed by atoms with Gasteiger partial charge in [0.1, 0.15) is 6.10 Å². The van der Waals surface area contributed by atoms with Crippen LogP contribution in [0.5, 0.6) is 0 Å². The molecule has 0 radical (unpaired) electrons. The van der Waals surface area contributed by atoms with E-state index in [1.807, 2.05) is 6.92 Å². The zero-order chi connectivity index (χ0) is 12.0. The second-order valence-electron chi connectivity index (χ2n) is 4.36. The second kappa shape index (κ2) is 3.55. The van der Waals surface area contributed by atoms with Crippen LogP contribution in [0.15, 0.2) is 35.6 Å². The Bertz CT molecular complexity index is 507. The van der Waals surface area contributed by atoms with Crippen molar-refractivity contribution in [3.63, 3.8) is 0 Å². The third kappa shape index (κ3) is 1.35. The topological polar surface area (TPSA) is 43.4 Å². The smallest absolute Gasteiger partial charge is 0.228 e. The highest BCUT2D eigenvalue weighted by Crippen LogP contribution is 2.36. The number of ether oxygens (including phenoxy) is 1. The van der Waals surface area contributed by atoms with Gasteiger partial charge < -0.3 is 4.74 Å². The third-order valence-corrected chi connectivity index (χ3v) is 3.34. The molecule has 3 nitrogen and oxygen atoms in total. The molecule has 0 bridgehead atoms. The molecule has 1 aromatic carbocycles. The van der Waals surface area contributed by atoms with Crippen LogP contribution in [-0.2, 0) is 4.74 Å². The first-order valence-corrected chi connectivity index (χ1v) is 5.80. The SMILES string of the molecule is CCC1CC2=C(O1)C(=O)c1ccccc1C2=O. The lowest BCUT2D eigenvalue weighted by Gasteiger charge is -2.14. The van der Waals surface area contributed by atoms with Gasteiger partial charge in [0.15, 0.2) is 11.5 Å². The quantitative estimate of drug-likeness (QED) is 0.741. The molecule has 2 aliphatic rings. The first-order valence-electron chi connectivity index (χ1n) is 5.80. The molecule has 1 aliphatic carbocycles. The number of hydrogen-bond donors (Lipinski definition) is 0. The van der Waals surface area contributed by atoms with E-state index < -0.39 is 0 Å². The second-order valence-corrected chi connectivity index (χ2v) is 4.36. The van der Waals surface area contributed by atoms with Crippen LogP contribution < -0.4 is 0 Å². The number of benzene rings is 1. The zero-order valence-corrected chi connectivity index (χ0v) is 9.53. The molecular weight excluding hydrogens is 216 g/mol. The van der Waals surface area contributed by atoms with Gasteiger partial charge in [-0.1, -0.05) is 31.2 Å². The lowest BCUT2D eigenvalue weighted by atomic mass is 9.87. The summed E-state index contributed by atoms with van der Waals surface area (Å²) in [6.45, 7) is 1.99. The van der Waals surface area contributed by atoms with Gasteiger partial charge in [-0.2, -0.15) is 0 Å². The first-order chi connectivity index (χ1) is 8.22. The molecule has 0 amide bonds. The number of Topliss-reactive ketones (excluding diaryl/α,β-unsaturated/α-hetero) is 2. The summed E-state index contributed by atoms with van der Waals surface area (Å²) >= 11 is 0. The van der Waals surface area contributed by atoms with Gasteiger partial charge in [-0.25, -0.2) is 0 Å². The Labute approximate surface area is 99.1 Å². The largest absolute Gasteiger partial charge is 0.486 e. The van der Waals surface area contributed by atoms with Gasteiger partial charge in [0.05, 0.1) is 0 Å². The van der Waals surface area contributed by atoms with Crippen molar-refractivity contribution in [1.29, 1.82) is 0 Å². The Kier molecular flexibility index (Phi) is 2.15. The lowest BCUT2D eigenvalue weighted by Crippen LogP contribution is -2.19. The molecule has 0 spiro atoms. The molecule has 17 heavy (non-hydrogen) atoms. The number of fused-ring (bicyclic) bond motifs is 1. The van der Waals surface area contributed by atoms with E-state index in [4.69, 9.17) is 4.74 Å². The third-order valence-electron chi connectivity index (χ3n) is 3.34. The van der Waals surface area contributed by atoms with Gasteiger partial charge in [-0.15, -0.1) is 0 Å². The van der Waals surface area contributed by atoms with Crippen LogP contribution in [0.2, 0.25) is 0 Å². The summed E-state index contributed by atoms with van der Waals surface area (Å²) in [6.07, 6.45) is 1.34. The predicted octanol–water partition coefficient (Wildman–Crippen LogP) is 2.52. The minimum Gasteiger partial charge on any atom is -0.486 e. The van der Waals surface area contributed by atoms with Crippen molar-refractivity contribution in [2.45, 2.75) is 25.9 Å². The fraction of sp³-hybridized carbons (Fsp3) is 0.286. The maximum absolute atomic E-state index is 12.2. The minimum absolute atomic E-state index is 0.0257. The summed E-state index contributed by atoms with van der Waals surface area (Å²) in [7, 11) is 0. The molecule has 3 rings (SSSR count). The van der Waals surface area contributed by atoms with Crippen molar-refractivity contribution in [2.24, 2.45) is 0 Å². The highest BCUT2D eigenvalue weighted by Gasteiger charge is 2.39. The van der Waals surface area contributed by atoms with Gasteiger partial charge >= 0.3 is 0 Å². The van der Waals surface area contributed by atoms with Gasteiger partial charge in [-0.3, -0.25) is 9.59 Å². The average molecular weight is 228 g/mol. The molecule has 0 aromatic heterocycles. The number of carbonyl (C=O) groups is 2. The summed E-state index contributed by atoms with van der Waals surface area (Å²) in [5.41, 5.74) is 1.53. The van der Waals surface area contributed by atoms with Gasteiger partial charge in [0, 0.05) is 23.1 Å². The highest BCUT2D eigenvalue weighted by atomic mass is 16.5. The summed E-state index contributed by atoms with van der Waals surface area (Å²) in [5, 5.41) is 0. The van der Waals surface area contributed by atoms with Gasteiger partial charge in [-0.05, 0) is 6.42 Å². The molecule has 3 heteroatoms. The van der Waals surface area contributed by atoms with E-state index >= 15 is 0 Å². The molecule has 1 aromatic rings. The number of ketones is 2. The number of hydrogen-bond acceptors (Lipinski definition) is 3. The number of carbonyl (C=O) groups excluding carboxylic acids is 2. The molecule has 86 valence electrons. The summed E-state index contributed by atoms with van der Waals surface area (Å²) in [5.74, 6) is 0.0813. The van der Waals surface area contributed by atoms with E-state index in [-0.39, 0.29) is 23.4 Å². The van der Waals surface area contributed by atoms with Crippen molar-refractivity contribution in [3.8, 4) is 0 Å². The van der Waals surface area contributed by atoms with Crippen LogP contribution in [0.1, 0.15) is 40.5 Å². The number of allylic oxidation sites excluding steroid dienone is 1. The molecule has 1 atom stereocenters. The fourth-order valence-corrected chi connectivity index (χ4v) is 2.38. The molecule has 1 aliphatic heterocycles. The van der Waals surface area contributed by atoms with Crippen molar-refractivity contribution in [1.82, 2.24) is 0 Å². The Balaban J connectivity index is 2.11. The molecule has 0 saturated carbocycles. The maximum Gasteiger partial charge on any atom is 0.228 e. The van der Waals surface area contributed by atoms with Crippen LogP contribution >= 0.6 is 0 Å². The molecule has 1 unspecified atom stereocenters. The van der Waals surface area contributed by atoms with E-state index in [1.54, 1.807) is 24.3 Å². The minimum atomic E-state index is -0.147. The normalized spacial score (nSPS) is 22.3. The number of rotatable bonds is 1. The molecule has 1 heterocycles. The summed E-state index contributed by atoms with van der Waals surface area (Å²) < 4.78 is 5.56. The van der Waals surface area contributed by atoms with Gasteiger partial charge in [0.25, 0.3) is 0 Å². The van der Waals surface area contributed by atoms with E-state index in [0.717, 1.165) is 6.42 Å². The van der Waals surface area contributed by atoms with Crippen LogP contribution in [-0.4, -0.2) is 17.7 Å². The Morgan fingerprint density at radius 3 is 2.47 bits per heavy atom. The zero-order valence-electron chi connectivity index (χ0n) is 9.53. The summed E-state index contributed by atoms with van der Waals surface area (Å²) in [4.78, 5) is 24.4. The maximum atomic E-state index is 12.2. The van der Waals surface area contributed by atoms with E-state index in [9.17, 15) is 9.59 Å². The Morgan fingerprint density at radius 2 is 1.82 bits per heavy atom. The average Bonchev–Trinajstić information content (AvgIpc) is 2.80. The van der Waals surface area contributed by atoms with E-state index in [1.165, 1.54) is 0 Å². The van der Waals surface area contributed by atoms with Crippen molar-refractivity contribution in [2.75, 3.05) is 0 Å². The monoisotopic (exact) mass is 228 g/mol. The van der Waals surface area contributed by atoms with Gasteiger partial charge in [0.2, 0.25) is 5.78 Å². The molecule has 0 fully saturated rings. The Morgan fingerprint density at radius 1 is 1.18 bits per heavy atom. The Hall–Kier alpha value is -1.90. The standard InChI is InChI=1S/C14H12O3/c1-2-8-7-11-12(15)9-5-3-4-6-10(9)13(16)14(11)17-8/h3-6,8H,2,7H2,1H3. The van der Waals surface area contributed by atoms with E-state index in [2.05, 4.69) is 0 Å². The van der Waals surface area contributed by atoms with Crippen molar-refractivity contribution >= 4 is 11.6 Å². The van der Waals surface area contributed by atoms with Crippen LogP contribution in [0.4, 0.5) is 0 Å². The highest BCUT2D eigenvalue weighted by molar-refractivity contribution is 6.26. The first kappa shape index (κ1) is 10.3. The van der Waals surface area contributed by atoms with Crippen molar-refractivity contribution < 1.29 is 14.3 Å². The summed E-state index contributed by atoms with van der Waals surface area (Å²) in [6, 6.07) is 6.94. The van der Waals surface area contributed by atoms with Crippen LogP contribution in [0.3, 0.4) is 0 Å². The molecule has 0 N–H and O–H groups in total. The van der Waals surface area contributed by atoms with Crippen LogP contribution in [0.25, 0.3) is 0 Å². The van der Waals surface area contributed by atoms with Crippen molar-refractivity contribution in [3.05, 3.63) is 46.7 Å². The molecule has 0 saturated heterocycles. The predicted molar refractivity (Wildman–Crippen MR) is 61.9 cm³/mol. The fourth-order valence-electron chi connectivity index (χ4n) is 2.38. The lowest BCUT2D eigenvalue weighted by molar-refractivity contribution is 0.0834.